The number of benzene rings is 4. The molecule has 6 nitrogen and oxygen atoms in total. The summed E-state index contributed by atoms with van der Waals surface area (Å²) in [5.74, 6) is 0. The van der Waals surface area contributed by atoms with Crippen LogP contribution in [0.5, 0.6) is 0 Å². The van der Waals surface area contributed by atoms with E-state index in [0.717, 1.165) is 11.1 Å². The topological polar surface area (TPSA) is 92.3 Å². The van der Waals surface area contributed by atoms with E-state index in [0.29, 0.717) is 22.1 Å². The highest BCUT2D eigenvalue weighted by molar-refractivity contribution is 7.93. The van der Waals surface area contributed by atoms with E-state index in [1.165, 1.54) is 12.1 Å². The second-order valence-electron chi connectivity index (χ2n) is 7.59. The van der Waals surface area contributed by atoms with Crippen LogP contribution >= 0.6 is 0 Å². The number of hydrogen-bond donors (Lipinski definition) is 2. The molecule has 0 aliphatic heterocycles. The first kappa shape index (κ1) is 21.9. The molecule has 4 aromatic carbocycles. The predicted molar refractivity (Wildman–Crippen MR) is 128 cm³/mol. The van der Waals surface area contributed by atoms with Crippen LogP contribution in [0.15, 0.2) is 94.7 Å². The maximum atomic E-state index is 13.2. The molecule has 0 unspecified atom stereocenters. The molecule has 0 atom stereocenters. The quantitative estimate of drug-likeness (QED) is 0.416. The van der Waals surface area contributed by atoms with E-state index in [1.807, 2.05) is 13.8 Å². The molecule has 0 radical (unpaired) electrons. The molecule has 0 aromatic heterocycles. The van der Waals surface area contributed by atoms with Crippen LogP contribution in [-0.2, 0) is 20.0 Å². The summed E-state index contributed by atoms with van der Waals surface area (Å²) in [6.45, 7) is 3.81. The first-order chi connectivity index (χ1) is 15.1. The van der Waals surface area contributed by atoms with Crippen molar-refractivity contribution in [2.45, 2.75) is 23.6 Å². The van der Waals surface area contributed by atoms with Gasteiger partial charge in [0.15, 0.2) is 0 Å². The van der Waals surface area contributed by atoms with Crippen molar-refractivity contribution < 1.29 is 16.8 Å². The lowest BCUT2D eigenvalue weighted by Crippen LogP contribution is -2.17. The van der Waals surface area contributed by atoms with Crippen molar-refractivity contribution in [3.63, 3.8) is 0 Å². The van der Waals surface area contributed by atoms with Crippen LogP contribution in [0.4, 0.5) is 11.4 Å². The van der Waals surface area contributed by atoms with Crippen LogP contribution in [-0.4, -0.2) is 16.8 Å². The molecule has 164 valence electrons. The molecule has 4 rings (SSSR count). The minimum atomic E-state index is -4.06. The van der Waals surface area contributed by atoms with Crippen LogP contribution < -0.4 is 9.44 Å². The minimum absolute atomic E-state index is 0.111. The highest BCUT2D eigenvalue weighted by atomic mass is 32.2. The lowest BCUT2D eigenvalue weighted by atomic mass is 10.1. The van der Waals surface area contributed by atoms with E-state index in [9.17, 15) is 16.8 Å². The van der Waals surface area contributed by atoms with Gasteiger partial charge in [-0.3, -0.25) is 9.44 Å². The van der Waals surface area contributed by atoms with Crippen LogP contribution in [0.25, 0.3) is 10.8 Å². The molecular weight excluding hydrogens is 444 g/mol. The zero-order valence-electron chi connectivity index (χ0n) is 17.5. The van der Waals surface area contributed by atoms with Crippen molar-refractivity contribution in [1.82, 2.24) is 0 Å². The Morgan fingerprint density at radius 3 is 1.66 bits per heavy atom. The highest BCUT2D eigenvalue weighted by Gasteiger charge is 2.23. The van der Waals surface area contributed by atoms with Gasteiger partial charge in [0.05, 0.1) is 9.79 Å². The standard InChI is InChI=1S/C24H22N2O4S2/c1-17-7-11-20(12-8-17)25-31(27,28)22-15-19-5-3-4-6-23(19)24(16-22)32(29,30)26-21-13-9-18(2)10-14-21/h3-16,25-26H,1-2H3. The van der Waals surface area contributed by atoms with Gasteiger partial charge < -0.3 is 0 Å². The third-order valence-electron chi connectivity index (χ3n) is 5.00. The third-order valence-corrected chi connectivity index (χ3v) is 7.79. The predicted octanol–water partition coefficient (Wildman–Crippen LogP) is 5.06. The molecule has 0 saturated carbocycles. The second-order valence-corrected chi connectivity index (χ2v) is 10.9. The summed E-state index contributed by atoms with van der Waals surface area (Å²) in [6, 6.07) is 23.3. The lowest BCUT2D eigenvalue weighted by Gasteiger charge is -2.14. The molecule has 0 aliphatic carbocycles. The Morgan fingerprint density at radius 2 is 1.09 bits per heavy atom. The first-order valence-electron chi connectivity index (χ1n) is 9.86. The summed E-state index contributed by atoms with van der Waals surface area (Å²) in [4.78, 5) is -0.249. The van der Waals surface area contributed by atoms with Gasteiger partial charge in [-0.05, 0) is 55.6 Å². The van der Waals surface area contributed by atoms with Crippen molar-refractivity contribution >= 4 is 42.2 Å². The normalized spacial score (nSPS) is 11.9. The van der Waals surface area contributed by atoms with Crippen molar-refractivity contribution in [1.29, 1.82) is 0 Å². The van der Waals surface area contributed by atoms with E-state index >= 15 is 0 Å². The highest BCUT2D eigenvalue weighted by Crippen LogP contribution is 2.30. The molecule has 0 saturated heterocycles. The molecule has 8 heteroatoms. The van der Waals surface area contributed by atoms with E-state index in [2.05, 4.69) is 9.44 Å². The monoisotopic (exact) mass is 466 g/mol. The lowest BCUT2D eigenvalue weighted by molar-refractivity contribution is 0.600. The number of aryl methyl sites for hydroxylation is 2. The maximum absolute atomic E-state index is 13.2. The van der Waals surface area contributed by atoms with E-state index in [1.54, 1.807) is 72.8 Å². The van der Waals surface area contributed by atoms with Crippen LogP contribution in [0.2, 0.25) is 0 Å². The maximum Gasteiger partial charge on any atom is 0.262 e. The Bertz CT molecular complexity index is 1490. The Labute approximate surface area is 188 Å². The fourth-order valence-electron chi connectivity index (χ4n) is 3.29. The van der Waals surface area contributed by atoms with Gasteiger partial charge in [-0.15, -0.1) is 0 Å². The number of rotatable bonds is 6. The fraction of sp³-hybridized carbons (Fsp3) is 0.0833. The van der Waals surface area contributed by atoms with Crippen LogP contribution in [0, 0.1) is 13.8 Å². The number of nitrogens with one attached hydrogen (secondary N) is 2. The van der Waals surface area contributed by atoms with Gasteiger partial charge >= 0.3 is 0 Å². The van der Waals surface area contributed by atoms with Crippen molar-refractivity contribution in [2.75, 3.05) is 9.44 Å². The average molecular weight is 467 g/mol. The number of anilines is 2. The van der Waals surface area contributed by atoms with E-state index < -0.39 is 20.0 Å². The molecule has 32 heavy (non-hydrogen) atoms. The SMILES string of the molecule is Cc1ccc(NS(=O)(=O)c2cc(S(=O)(=O)Nc3ccc(C)cc3)c3ccccc3c2)cc1. The van der Waals surface area contributed by atoms with Gasteiger partial charge in [-0.25, -0.2) is 16.8 Å². The van der Waals surface area contributed by atoms with E-state index in [4.69, 9.17) is 0 Å². The molecule has 2 N–H and O–H groups in total. The van der Waals surface area contributed by atoms with Crippen LogP contribution in [0.3, 0.4) is 0 Å². The van der Waals surface area contributed by atoms with Gasteiger partial charge in [0.1, 0.15) is 0 Å². The second kappa shape index (κ2) is 8.29. The molecule has 0 bridgehead atoms. The molecule has 0 amide bonds. The van der Waals surface area contributed by atoms with E-state index in [-0.39, 0.29) is 9.79 Å². The summed E-state index contributed by atoms with van der Waals surface area (Å²) in [5, 5.41) is 0.935. The Hall–Kier alpha value is -3.36. The van der Waals surface area contributed by atoms with Gasteiger partial charge in [0, 0.05) is 16.8 Å². The number of fused-ring (bicyclic) bond motifs is 1. The summed E-state index contributed by atoms with van der Waals surface area (Å²) >= 11 is 0. The summed E-state index contributed by atoms with van der Waals surface area (Å²) < 4.78 is 57.7. The van der Waals surface area contributed by atoms with Gasteiger partial charge in [-0.2, -0.15) is 0 Å². The minimum Gasteiger partial charge on any atom is -0.280 e. The largest absolute Gasteiger partial charge is 0.280 e. The number of sulfonamides is 2. The summed E-state index contributed by atoms with van der Waals surface area (Å²) in [6.07, 6.45) is 0. The Kier molecular flexibility index (Phi) is 5.66. The molecular formula is C24H22N2O4S2. The molecule has 0 fully saturated rings. The molecule has 4 aromatic rings. The van der Waals surface area contributed by atoms with Gasteiger partial charge in [-0.1, -0.05) is 59.7 Å². The molecule has 0 spiro atoms. The number of hydrogen-bond acceptors (Lipinski definition) is 4. The third kappa shape index (κ3) is 4.61. The van der Waals surface area contributed by atoms with Crippen molar-refractivity contribution in [3.8, 4) is 0 Å². The van der Waals surface area contributed by atoms with Crippen molar-refractivity contribution in [2.24, 2.45) is 0 Å². The Balaban J connectivity index is 1.80. The van der Waals surface area contributed by atoms with Gasteiger partial charge in [0.25, 0.3) is 20.0 Å². The van der Waals surface area contributed by atoms with Gasteiger partial charge in [0.2, 0.25) is 0 Å². The zero-order valence-corrected chi connectivity index (χ0v) is 19.2. The molecule has 0 heterocycles. The van der Waals surface area contributed by atoms with Crippen LogP contribution in [0.1, 0.15) is 11.1 Å². The Morgan fingerprint density at radius 1 is 0.594 bits per heavy atom. The zero-order chi connectivity index (χ0) is 22.9. The first-order valence-corrected chi connectivity index (χ1v) is 12.8. The fourth-order valence-corrected chi connectivity index (χ4v) is 5.80. The smallest absolute Gasteiger partial charge is 0.262 e. The average Bonchev–Trinajstić information content (AvgIpc) is 2.76. The summed E-state index contributed by atoms with van der Waals surface area (Å²) in [7, 11) is -8.08. The summed E-state index contributed by atoms with van der Waals surface area (Å²) in [5.41, 5.74) is 2.78. The molecule has 0 aliphatic rings. The van der Waals surface area contributed by atoms with Crippen molar-refractivity contribution in [3.05, 3.63) is 96.1 Å².